The van der Waals surface area contributed by atoms with Crippen molar-refractivity contribution in [3.63, 3.8) is 0 Å². The van der Waals surface area contributed by atoms with Crippen molar-refractivity contribution in [2.75, 3.05) is 13.1 Å². The number of aliphatic hydroxyl groups is 1. The third kappa shape index (κ3) is 3.37. The largest absolute Gasteiger partial charge is 0.431 e. The van der Waals surface area contributed by atoms with E-state index in [0.717, 1.165) is 0 Å². The van der Waals surface area contributed by atoms with E-state index in [2.05, 4.69) is 5.10 Å². The lowest BCUT2D eigenvalue weighted by Crippen LogP contribution is -2.36. The topological polar surface area (TPSA) is 35.8 Å². The highest BCUT2D eigenvalue weighted by molar-refractivity contribution is 5.90. The predicted octanol–water partition coefficient (Wildman–Crippen LogP) is 2.02. The fourth-order valence-electron chi connectivity index (χ4n) is 1.31. The third-order valence-electron chi connectivity index (χ3n) is 2.58. The molecule has 0 amide bonds. The van der Waals surface area contributed by atoms with Gasteiger partial charge in [-0.05, 0) is 5.41 Å². The first kappa shape index (κ1) is 13.3. The van der Waals surface area contributed by atoms with E-state index in [1.54, 1.807) is 0 Å². The van der Waals surface area contributed by atoms with Crippen molar-refractivity contribution in [2.24, 2.45) is 10.5 Å². The van der Waals surface area contributed by atoms with Crippen LogP contribution in [-0.4, -0.2) is 41.2 Å². The fourth-order valence-corrected chi connectivity index (χ4v) is 1.31. The van der Waals surface area contributed by atoms with Crippen LogP contribution in [0.3, 0.4) is 0 Å². The zero-order valence-electron chi connectivity index (χ0n) is 9.67. The molecule has 0 aromatic rings. The molecule has 94 valence electrons. The maximum absolute atomic E-state index is 12.3. The molecule has 1 heterocycles. The van der Waals surface area contributed by atoms with Gasteiger partial charge in [0.1, 0.15) is 5.71 Å². The lowest BCUT2D eigenvalue weighted by molar-refractivity contribution is -0.0602. The van der Waals surface area contributed by atoms with Crippen molar-refractivity contribution in [3.05, 3.63) is 0 Å². The molecule has 3 nitrogen and oxygen atoms in total. The van der Waals surface area contributed by atoms with Gasteiger partial charge < -0.3 is 5.11 Å². The highest BCUT2D eigenvalue weighted by Crippen LogP contribution is 2.26. The van der Waals surface area contributed by atoms with Gasteiger partial charge in [0, 0.05) is 13.0 Å². The van der Waals surface area contributed by atoms with Gasteiger partial charge >= 0.3 is 6.18 Å². The van der Waals surface area contributed by atoms with Gasteiger partial charge in [0.25, 0.3) is 0 Å². The highest BCUT2D eigenvalue weighted by atomic mass is 19.4. The molecule has 0 spiro atoms. The Bertz CT molecular complexity index is 281. The van der Waals surface area contributed by atoms with Gasteiger partial charge in [-0.2, -0.15) is 18.3 Å². The number of nitrogens with zero attached hydrogens (tertiary/aromatic N) is 2. The van der Waals surface area contributed by atoms with Crippen LogP contribution >= 0.6 is 0 Å². The van der Waals surface area contributed by atoms with Crippen molar-refractivity contribution in [1.82, 2.24) is 5.01 Å². The van der Waals surface area contributed by atoms with Crippen LogP contribution in [0.1, 0.15) is 27.2 Å². The van der Waals surface area contributed by atoms with Gasteiger partial charge in [-0.3, -0.25) is 5.01 Å². The van der Waals surface area contributed by atoms with Crippen molar-refractivity contribution >= 4 is 5.71 Å². The minimum absolute atomic E-state index is 0.0969. The van der Waals surface area contributed by atoms with E-state index in [0.29, 0.717) is 0 Å². The molecule has 1 atom stereocenters. The first-order chi connectivity index (χ1) is 7.10. The van der Waals surface area contributed by atoms with Gasteiger partial charge in [0.2, 0.25) is 0 Å². The Balaban J connectivity index is 2.57. The van der Waals surface area contributed by atoms with Crippen molar-refractivity contribution in [2.45, 2.75) is 39.5 Å². The van der Waals surface area contributed by atoms with Crippen molar-refractivity contribution in [1.29, 1.82) is 0 Å². The monoisotopic (exact) mass is 238 g/mol. The molecule has 0 aromatic heterocycles. The van der Waals surface area contributed by atoms with Gasteiger partial charge in [0.15, 0.2) is 0 Å². The summed E-state index contributed by atoms with van der Waals surface area (Å²) < 4.78 is 36.9. The van der Waals surface area contributed by atoms with Crippen LogP contribution in [-0.2, 0) is 0 Å². The second-order valence-corrected chi connectivity index (χ2v) is 5.09. The van der Waals surface area contributed by atoms with Gasteiger partial charge in [0.05, 0.1) is 12.6 Å². The van der Waals surface area contributed by atoms with Gasteiger partial charge in [-0.15, -0.1) is 0 Å². The number of hydrogen-bond donors (Lipinski definition) is 1. The molecule has 1 N–H and O–H groups in total. The maximum atomic E-state index is 12.3. The summed E-state index contributed by atoms with van der Waals surface area (Å²) >= 11 is 0. The van der Waals surface area contributed by atoms with E-state index in [9.17, 15) is 18.3 Å². The molecule has 1 rings (SSSR count). The summed E-state index contributed by atoms with van der Waals surface area (Å²) in [4.78, 5) is 0. The minimum atomic E-state index is -4.35. The Labute approximate surface area is 92.9 Å². The summed E-state index contributed by atoms with van der Waals surface area (Å²) in [5.74, 6) is 0. The molecule has 0 aromatic carbocycles. The van der Waals surface area contributed by atoms with Crippen LogP contribution in [0.15, 0.2) is 5.10 Å². The van der Waals surface area contributed by atoms with Crippen molar-refractivity contribution in [3.8, 4) is 0 Å². The summed E-state index contributed by atoms with van der Waals surface area (Å²) in [6.45, 7) is 5.87. The van der Waals surface area contributed by atoms with E-state index in [1.165, 1.54) is 5.01 Å². The molecule has 1 aliphatic rings. The zero-order chi connectivity index (χ0) is 12.6. The second kappa shape index (κ2) is 4.24. The normalized spacial score (nSPS) is 19.9. The number of hydrazone groups is 1. The number of β-amino-alcohol motifs (C(OH)–C–C–N with tert-alkyl or cyclic N) is 1. The summed E-state index contributed by atoms with van der Waals surface area (Å²) in [7, 11) is 0. The first-order valence-corrected chi connectivity index (χ1v) is 5.18. The Morgan fingerprint density at radius 3 is 2.31 bits per heavy atom. The smallest absolute Gasteiger partial charge is 0.391 e. The van der Waals surface area contributed by atoms with Gasteiger partial charge in [-0.1, -0.05) is 20.8 Å². The lowest BCUT2D eigenvalue weighted by atomic mass is 9.89. The number of hydrogen-bond acceptors (Lipinski definition) is 3. The Kier molecular flexibility index (Phi) is 3.52. The van der Waals surface area contributed by atoms with Crippen LogP contribution in [0, 0.1) is 5.41 Å². The van der Waals surface area contributed by atoms with E-state index < -0.39 is 18.0 Å². The Hall–Kier alpha value is -0.780. The average molecular weight is 238 g/mol. The van der Waals surface area contributed by atoms with E-state index in [-0.39, 0.29) is 24.9 Å². The molecule has 0 saturated carbocycles. The zero-order valence-corrected chi connectivity index (χ0v) is 9.67. The highest BCUT2D eigenvalue weighted by Gasteiger charge is 2.39. The average Bonchev–Trinajstić information content (AvgIpc) is 2.49. The number of rotatable bonds is 2. The van der Waals surface area contributed by atoms with Gasteiger partial charge in [-0.25, -0.2) is 0 Å². The Morgan fingerprint density at radius 2 is 1.94 bits per heavy atom. The molecule has 0 unspecified atom stereocenters. The van der Waals surface area contributed by atoms with E-state index in [1.807, 2.05) is 20.8 Å². The minimum Gasteiger partial charge on any atom is -0.391 e. The van der Waals surface area contributed by atoms with Crippen LogP contribution in [0.2, 0.25) is 0 Å². The quantitative estimate of drug-likeness (QED) is 0.798. The number of halogens is 3. The molecule has 0 aliphatic carbocycles. The molecule has 6 heteroatoms. The van der Waals surface area contributed by atoms with Crippen LogP contribution < -0.4 is 0 Å². The lowest BCUT2D eigenvalue weighted by Gasteiger charge is -2.28. The van der Waals surface area contributed by atoms with E-state index >= 15 is 0 Å². The van der Waals surface area contributed by atoms with E-state index in [4.69, 9.17) is 0 Å². The summed E-state index contributed by atoms with van der Waals surface area (Å²) in [5, 5.41) is 14.5. The summed E-state index contributed by atoms with van der Waals surface area (Å²) in [6.07, 6.45) is -5.13. The molecule has 0 bridgehead atoms. The van der Waals surface area contributed by atoms with Crippen LogP contribution in [0.25, 0.3) is 0 Å². The fraction of sp³-hybridized carbons (Fsp3) is 0.900. The molecular weight excluding hydrogens is 221 g/mol. The predicted molar refractivity (Wildman–Crippen MR) is 55.1 cm³/mol. The Morgan fingerprint density at radius 1 is 1.38 bits per heavy atom. The summed E-state index contributed by atoms with van der Waals surface area (Å²) in [6, 6.07) is 0. The number of aliphatic hydroxyl groups excluding tert-OH is 1. The molecule has 16 heavy (non-hydrogen) atoms. The van der Waals surface area contributed by atoms with Crippen molar-refractivity contribution < 1.29 is 18.3 Å². The molecule has 1 aliphatic heterocycles. The third-order valence-corrected chi connectivity index (χ3v) is 2.58. The molecule has 0 radical (unpaired) electrons. The first-order valence-electron chi connectivity index (χ1n) is 5.18. The summed E-state index contributed by atoms with van der Waals surface area (Å²) in [5.41, 5.74) is -1.11. The molecular formula is C10H17F3N2O. The van der Waals surface area contributed by atoms with Crippen LogP contribution in [0.5, 0.6) is 0 Å². The number of alkyl halides is 3. The maximum Gasteiger partial charge on any atom is 0.431 e. The molecule has 0 saturated heterocycles. The molecule has 0 fully saturated rings. The van der Waals surface area contributed by atoms with Crippen LogP contribution in [0.4, 0.5) is 13.2 Å². The standard InChI is InChI=1S/C10H17F3N2O/c1-9(2,3)8(16)6-15-5-4-7(14-15)10(11,12)13/h8,16H,4-6H2,1-3H3/t8-/m1/s1. The SMILES string of the molecule is CC(C)(C)[C@H](O)CN1CCC(C(F)(F)F)=N1. The second-order valence-electron chi connectivity index (χ2n) is 5.09.